The van der Waals surface area contributed by atoms with Crippen LogP contribution in [0.3, 0.4) is 0 Å². The minimum absolute atomic E-state index is 0.131. The van der Waals surface area contributed by atoms with Gasteiger partial charge in [0.15, 0.2) is 0 Å². The summed E-state index contributed by atoms with van der Waals surface area (Å²) in [5, 5.41) is 4.91. The van der Waals surface area contributed by atoms with Crippen LogP contribution >= 0.6 is 11.6 Å². The van der Waals surface area contributed by atoms with E-state index in [1.165, 1.54) is 0 Å². The Morgan fingerprint density at radius 3 is 3.00 bits per heavy atom. The number of aromatic nitrogens is 1. The van der Waals surface area contributed by atoms with Gasteiger partial charge in [-0.05, 0) is 30.7 Å². The third-order valence-electron chi connectivity index (χ3n) is 3.46. The first-order chi connectivity index (χ1) is 9.15. The number of rotatable bonds is 2. The number of likely N-dealkylation sites (tertiary alicyclic amines) is 1. The van der Waals surface area contributed by atoms with Gasteiger partial charge >= 0.3 is 0 Å². The Balaban J connectivity index is 1.97. The number of fused-ring (bicyclic) bond motifs is 1. The van der Waals surface area contributed by atoms with E-state index < -0.39 is 0 Å². The van der Waals surface area contributed by atoms with Crippen molar-refractivity contribution in [2.24, 2.45) is 0 Å². The summed E-state index contributed by atoms with van der Waals surface area (Å²) in [7, 11) is 1.82. The van der Waals surface area contributed by atoms with Crippen LogP contribution in [0.5, 0.6) is 0 Å². The first kappa shape index (κ1) is 12.2. The van der Waals surface area contributed by atoms with E-state index in [2.05, 4.69) is 10.3 Å². The van der Waals surface area contributed by atoms with Crippen molar-refractivity contribution in [3.8, 4) is 0 Å². The van der Waals surface area contributed by atoms with Gasteiger partial charge in [-0.15, -0.1) is 0 Å². The Labute approximate surface area is 116 Å². The van der Waals surface area contributed by atoms with Crippen molar-refractivity contribution in [2.75, 3.05) is 18.9 Å². The van der Waals surface area contributed by atoms with Gasteiger partial charge in [0.05, 0.1) is 5.52 Å². The zero-order valence-electron chi connectivity index (χ0n) is 10.6. The summed E-state index contributed by atoms with van der Waals surface area (Å²) in [5.74, 6) is 0.131. The summed E-state index contributed by atoms with van der Waals surface area (Å²) in [5.41, 5.74) is 1.77. The molecule has 1 aliphatic heterocycles. The second kappa shape index (κ2) is 4.70. The van der Waals surface area contributed by atoms with Gasteiger partial charge in [0, 0.05) is 35.9 Å². The van der Waals surface area contributed by atoms with E-state index in [9.17, 15) is 4.79 Å². The van der Waals surface area contributed by atoms with Crippen molar-refractivity contribution in [2.45, 2.75) is 12.5 Å². The van der Waals surface area contributed by atoms with Gasteiger partial charge in [-0.25, -0.2) is 0 Å². The maximum atomic E-state index is 11.9. The molecule has 0 radical (unpaired) electrons. The molecule has 2 aromatic rings. The molecule has 3 rings (SSSR count). The molecular formula is C14H14ClN3O. The van der Waals surface area contributed by atoms with E-state index in [0.717, 1.165) is 29.6 Å². The molecule has 4 nitrogen and oxygen atoms in total. The Kier molecular flexibility index (Phi) is 3.03. The minimum Gasteiger partial charge on any atom is -0.373 e. The van der Waals surface area contributed by atoms with Gasteiger partial charge < -0.3 is 10.2 Å². The summed E-state index contributed by atoms with van der Waals surface area (Å²) in [6, 6.07) is 7.29. The quantitative estimate of drug-likeness (QED) is 0.916. The molecule has 98 valence electrons. The lowest BCUT2D eigenvalue weighted by molar-refractivity contribution is -0.127. The van der Waals surface area contributed by atoms with Crippen molar-refractivity contribution >= 4 is 34.1 Å². The summed E-state index contributed by atoms with van der Waals surface area (Å²) in [6.07, 6.45) is 2.56. The lowest BCUT2D eigenvalue weighted by atomic mass is 10.1. The van der Waals surface area contributed by atoms with Crippen LogP contribution in [0, 0.1) is 0 Å². The fourth-order valence-corrected chi connectivity index (χ4v) is 2.56. The van der Waals surface area contributed by atoms with Gasteiger partial charge in [0.25, 0.3) is 0 Å². The topological polar surface area (TPSA) is 45.2 Å². The number of carbonyl (C=O) groups excluding carboxylic acids is 1. The van der Waals surface area contributed by atoms with Crippen molar-refractivity contribution in [1.29, 1.82) is 0 Å². The van der Waals surface area contributed by atoms with Crippen LogP contribution in [0.4, 0.5) is 5.69 Å². The molecule has 1 aromatic carbocycles. The third-order valence-corrected chi connectivity index (χ3v) is 3.70. The Hall–Kier alpha value is -1.81. The molecule has 1 aromatic heterocycles. The van der Waals surface area contributed by atoms with Crippen LogP contribution in [0.25, 0.3) is 10.9 Å². The standard InChI is InChI=1S/C14H14ClN3O/c1-18-7-5-13(14(18)19)17-12-4-6-16-11-3-2-9(15)8-10(11)12/h2-4,6,8,13H,5,7H2,1H3,(H,16,17)/t13-/m0/s1. The lowest BCUT2D eigenvalue weighted by Crippen LogP contribution is -2.30. The fourth-order valence-electron chi connectivity index (χ4n) is 2.39. The minimum atomic E-state index is -0.158. The van der Waals surface area contributed by atoms with Crippen molar-refractivity contribution in [3.05, 3.63) is 35.5 Å². The second-order valence-electron chi connectivity index (χ2n) is 4.77. The fraction of sp³-hybridized carbons (Fsp3) is 0.286. The number of pyridine rings is 1. The Morgan fingerprint density at radius 2 is 2.26 bits per heavy atom. The molecule has 0 unspecified atom stereocenters. The summed E-state index contributed by atoms with van der Waals surface area (Å²) in [4.78, 5) is 18.0. The molecule has 1 fully saturated rings. The highest BCUT2D eigenvalue weighted by atomic mass is 35.5. The van der Waals surface area contributed by atoms with Gasteiger partial charge in [0.1, 0.15) is 6.04 Å². The molecule has 5 heteroatoms. The predicted molar refractivity (Wildman–Crippen MR) is 76.4 cm³/mol. The normalized spacial score (nSPS) is 19.2. The maximum Gasteiger partial charge on any atom is 0.244 e. The van der Waals surface area contributed by atoms with Crippen molar-refractivity contribution in [1.82, 2.24) is 9.88 Å². The van der Waals surface area contributed by atoms with Crippen LogP contribution < -0.4 is 5.32 Å². The van der Waals surface area contributed by atoms with Crippen LogP contribution in [0.1, 0.15) is 6.42 Å². The largest absolute Gasteiger partial charge is 0.373 e. The number of benzene rings is 1. The number of nitrogens with zero attached hydrogens (tertiary/aromatic N) is 2. The third kappa shape index (κ3) is 2.24. The highest BCUT2D eigenvalue weighted by Crippen LogP contribution is 2.26. The first-order valence-corrected chi connectivity index (χ1v) is 6.59. The monoisotopic (exact) mass is 275 g/mol. The van der Waals surface area contributed by atoms with Crippen molar-refractivity contribution in [3.63, 3.8) is 0 Å². The molecular weight excluding hydrogens is 262 g/mol. The average Bonchev–Trinajstić information content (AvgIpc) is 2.71. The van der Waals surface area contributed by atoms with Crippen LogP contribution in [-0.4, -0.2) is 35.4 Å². The molecule has 0 aliphatic carbocycles. The summed E-state index contributed by atoms with van der Waals surface area (Å²) >= 11 is 6.03. The molecule has 1 amide bonds. The van der Waals surface area contributed by atoms with Gasteiger partial charge in [0.2, 0.25) is 5.91 Å². The molecule has 0 spiro atoms. The number of nitrogens with one attached hydrogen (secondary N) is 1. The van der Waals surface area contributed by atoms with E-state index >= 15 is 0 Å². The van der Waals surface area contributed by atoms with Crippen LogP contribution in [0.2, 0.25) is 5.02 Å². The Bertz CT molecular complexity index is 644. The van der Waals surface area contributed by atoms with Crippen LogP contribution in [-0.2, 0) is 4.79 Å². The molecule has 1 atom stereocenters. The van der Waals surface area contributed by atoms with Gasteiger partial charge in [-0.3, -0.25) is 9.78 Å². The molecule has 2 heterocycles. The smallest absolute Gasteiger partial charge is 0.244 e. The van der Waals surface area contributed by atoms with Crippen LogP contribution in [0.15, 0.2) is 30.5 Å². The zero-order chi connectivity index (χ0) is 13.4. The van der Waals surface area contributed by atoms with E-state index in [4.69, 9.17) is 11.6 Å². The lowest BCUT2D eigenvalue weighted by Gasteiger charge is -2.15. The molecule has 19 heavy (non-hydrogen) atoms. The van der Waals surface area contributed by atoms with Gasteiger partial charge in [-0.2, -0.15) is 0 Å². The van der Waals surface area contributed by atoms with Crippen molar-refractivity contribution < 1.29 is 4.79 Å². The van der Waals surface area contributed by atoms with Gasteiger partial charge in [-0.1, -0.05) is 11.6 Å². The summed E-state index contributed by atoms with van der Waals surface area (Å²) < 4.78 is 0. The number of hydrogen-bond acceptors (Lipinski definition) is 3. The number of halogens is 1. The molecule has 1 aliphatic rings. The highest BCUT2D eigenvalue weighted by molar-refractivity contribution is 6.31. The first-order valence-electron chi connectivity index (χ1n) is 6.21. The summed E-state index contributed by atoms with van der Waals surface area (Å²) in [6.45, 7) is 0.792. The number of hydrogen-bond donors (Lipinski definition) is 1. The van der Waals surface area contributed by atoms with E-state index in [-0.39, 0.29) is 11.9 Å². The number of carbonyl (C=O) groups is 1. The van der Waals surface area contributed by atoms with E-state index in [1.807, 2.05) is 31.3 Å². The molecule has 0 bridgehead atoms. The molecule has 1 saturated heterocycles. The molecule has 0 saturated carbocycles. The van der Waals surface area contributed by atoms with E-state index in [1.54, 1.807) is 11.1 Å². The SMILES string of the molecule is CN1CC[C@H](Nc2ccnc3ccc(Cl)cc23)C1=O. The number of amides is 1. The number of likely N-dealkylation sites (N-methyl/N-ethyl adjacent to an activating group) is 1. The zero-order valence-corrected chi connectivity index (χ0v) is 11.3. The second-order valence-corrected chi connectivity index (χ2v) is 5.20. The Morgan fingerprint density at radius 1 is 1.42 bits per heavy atom. The van der Waals surface area contributed by atoms with E-state index in [0.29, 0.717) is 5.02 Å². The average molecular weight is 276 g/mol. The molecule has 1 N–H and O–H groups in total. The maximum absolute atomic E-state index is 11.9. The number of anilines is 1. The highest BCUT2D eigenvalue weighted by Gasteiger charge is 2.29. The predicted octanol–water partition coefficient (Wildman–Crippen LogP) is 2.53.